The molecule has 4 rings (SSSR count). The zero-order valence-corrected chi connectivity index (χ0v) is 27.0. The van der Waals surface area contributed by atoms with Crippen LogP contribution in [0.1, 0.15) is 20.8 Å². The number of benzene rings is 2. The van der Waals surface area contributed by atoms with Gasteiger partial charge in [-0.25, -0.2) is 4.79 Å². The number of amides is 1. The van der Waals surface area contributed by atoms with E-state index in [-0.39, 0.29) is 22.4 Å². The van der Waals surface area contributed by atoms with Crippen LogP contribution in [0, 0.1) is 0 Å². The summed E-state index contributed by atoms with van der Waals surface area (Å²) in [6.45, 7) is 7.43. The number of thiol groups is 1. The lowest BCUT2D eigenvalue weighted by molar-refractivity contribution is 0.0240. The second-order valence-corrected chi connectivity index (χ2v) is 12.8. The molecule has 2 N–H and O–H groups in total. The molecule has 0 saturated carbocycles. The van der Waals surface area contributed by atoms with Crippen molar-refractivity contribution in [2.24, 2.45) is 7.05 Å². The maximum absolute atomic E-state index is 13.0. The first-order chi connectivity index (χ1) is 18.7. The number of hydrogen-bond acceptors (Lipinski definition) is 8. The van der Waals surface area contributed by atoms with Gasteiger partial charge >= 0.3 is 6.09 Å². The Labute approximate surface area is 263 Å². The summed E-state index contributed by atoms with van der Waals surface area (Å²) in [5, 5.41) is 1.82. The normalized spacial score (nSPS) is 13.5. The minimum Gasteiger partial charge on any atom is -0.444 e. The lowest BCUT2D eigenvalue weighted by Gasteiger charge is -2.36. The lowest BCUT2D eigenvalue weighted by Crippen LogP contribution is -2.51. The number of halogens is 4. The largest absolute Gasteiger partial charge is 0.444 e. The van der Waals surface area contributed by atoms with Crippen molar-refractivity contribution in [2.75, 3.05) is 36.8 Å². The van der Waals surface area contributed by atoms with Crippen molar-refractivity contribution < 1.29 is 9.53 Å². The van der Waals surface area contributed by atoms with Crippen LogP contribution >= 0.6 is 70.8 Å². The van der Waals surface area contributed by atoms with Crippen molar-refractivity contribution in [1.29, 1.82) is 0 Å². The Kier molecular flexibility index (Phi) is 11.2. The van der Waals surface area contributed by atoms with Crippen molar-refractivity contribution in [2.45, 2.75) is 41.1 Å². The zero-order valence-electron chi connectivity index (χ0n) is 22.3. The number of nitrogen functional groups attached to an aromatic ring is 1. The maximum atomic E-state index is 13.0. The van der Waals surface area contributed by atoms with Crippen LogP contribution in [-0.2, 0) is 11.8 Å². The van der Waals surface area contributed by atoms with Crippen LogP contribution in [0.25, 0.3) is 0 Å². The first kappa shape index (κ1) is 32.6. The molecule has 0 bridgehead atoms. The van der Waals surface area contributed by atoms with Gasteiger partial charge in [0.15, 0.2) is 0 Å². The van der Waals surface area contributed by atoms with E-state index in [4.69, 9.17) is 56.9 Å². The summed E-state index contributed by atoms with van der Waals surface area (Å²) in [7, 11) is 1.65. The minimum atomic E-state index is -0.548. The number of carbonyl (C=O) groups excluding carboxylic acids is 1. The molecule has 3 aromatic rings. The molecule has 1 saturated heterocycles. The highest BCUT2D eigenvalue weighted by atomic mass is 35.5. The van der Waals surface area contributed by atoms with Crippen LogP contribution in [0.5, 0.6) is 0 Å². The SMILES string of the molecule is Cn1c(N2CCN(C(=O)OC(C)(C)C)CC2)nc(N)c(Sc2cccc(Cl)c2Cl)c1=O.Sc1cccc(Cl)c1Cl. The summed E-state index contributed by atoms with van der Waals surface area (Å²) in [4.78, 5) is 35.0. The average Bonchev–Trinajstić information content (AvgIpc) is 2.89. The van der Waals surface area contributed by atoms with Gasteiger partial charge in [0.2, 0.25) is 5.95 Å². The average molecular weight is 665 g/mol. The molecule has 8 nitrogen and oxygen atoms in total. The molecule has 1 aliphatic heterocycles. The molecule has 216 valence electrons. The summed E-state index contributed by atoms with van der Waals surface area (Å²) in [6.07, 6.45) is -0.348. The molecule has 14 heteroatoms. The number of piperazine rings is 1. The lowest BCUT2D eigenvalue weighted by atomic mass is 10.2. The number of nitrogens with two attached hydrogens (primary N) is 1. The highest BCUT2D eigenvalue weighted by molar-refractivity contribution is 7.99. The van der Waals surface area contributed by atoms with E-state index in [0.29, 0.717) is 62.0 Å². The number of rotatable bonds is 3. The quantitative estimate of drug-likeness (QED) is 0.287. The first-order valence-electron chi connectivity index (χ1n) is 12.0. The van der Waals surface area contributed by atoms with Crippen LogP contribution in [0.4, 0.5) is 16.6 Å². The Balaban J connectivity index is 0.000000415. The third kappa shape index (κ3) is 8.30. The van der Waals surface area contributed by atoms with E-state index in [1.54, 1.807) is 48.3 Å². The predicted molar refractivity (Wildman–Crippen MR) is 168 cm³/mol. The fourth-order valence-electron chi connectivity index (χ4n) is 3.55. The highest BCUT2D eigenvalue weighted by Crippen LogP contribution is 2.37. The van der Waals surface area contributed by atoms with Gasteiger partial charge in [-0.2, -0.15) is 4.98 Å². The van der Waals surface area contributed by atoms with E-state index in [1.165, 1.54) is 4.57 Å². The molecule has 0 unspecified atom stereocenters. The monoisotopic (exact) mass is 663 g/mol. The van der Waals surface area contributed by atoms with E-state index in [9.17, 15) is 9.59 Å². The Hall–Kier alpha value is -1.95. The van der Waals surface area contributed by atoms with Gasteiger partial charge in [0.1, 0.15) is 16.3 Å². The van der Waals surface area contributed by atoms with Crippen molar-refractivity contribution >= 4 is 88.7 Å². The zero-order chi connectivity index (χ0) is 29.8. The summed E-state index contributed by atoms with van der Waals surface area (Å²) < 4.78 is 6.88. The number of nitrogens with zero attached hydrogens (tertiary/aromatic N) is 4. The minimum absolute atomic E-state index is 0.119. The van der Waals surface area contributed by atoms with Gasteiger partial charge in [-0.15, -0.1) is 12.6 Å². The molecule has 1 amide bonds. The van der Waals surface area contributed by atoms with Crippen LogP contribution in [0.2, 0.25) is 20.1 Å². The summed E-state index contributed by atoms with van der Waals surface area (Å²) in [5.41, 5.74) is 5.32. The Bertz CT molecular complexity index is 1420. The molecule has 0 radical (unpaired) electrons. The number of ether oxygens (including phenoxy) is 1. The van der Waals surface area contributed by atoms with E-state index in [0.717, 1.165) is 11.8 Å². The molecule has 0 aliphatic carbocycles. The third-order valence-electron chi connectivity index (χ3n) is 5.53. The van der Waals surface area contributed by atoms with E-state index < -0.39 is 5.60 Å². The van der Waals surface area contributed by atoms with Crippen LogP contribution in [-0.4, -0.2) is 52.3 Å². The molecule has 1 aliphatic rings. The Morgan fingerprint density at radius 1 is 1.00 bits per heavy atom. The van der Waals surface area contributed by atoms with E-state index in [1.807, 2.05) is 25.7 Å². The molecule has 40 heavy (non-hydrogen) atoms. The first-order valence-corrected chi connectivity index (χ1v) is 14.8. The molecular weight excluding hydrogens is 636 g/mol. The fraction of sp³-hybridized carbons (Fsp3) is 0.346. The number of aromatic nitrogens is 2. The van der Waals surface area contributed by atoms with Gasteiger partial charge in [0.25, 0.3) is 5.56 Å². The molecular formula is C26H29Cl4N5O3S2. The van der Waals surface area contributed by atoms with Crippen LogP contribution in [0.15, 0.2) is 55.9 Å². The number of anilines is 2. The molecule has 2 heterocycles. The van der Waals surface area contributed by atoms with Crippen LogP contribution in [0.3, 0.4) is 0 Å². The number of hydrogen-bond donors (Lipinski definition) is 2. The van der Waals surface area contributed by atoms with E-state index >= 15 is 0 Å². The number of carbonyl (C=O) groups is 1. The molecule has 2 aromatic carbocycles. The Morgan fingerprint density at radius 2 is 1.57 bits per heavy atom. The van der Waals surface area contributed by atoms with Crippen LogP contribution < -0.4 is 16.2 Å². The van der Waals surface area contributed by atoms with Gasteiger partial charge in [0, 0.05) is 43.0 Å². The predicted octanol–water partition coefficient (Wildman–Crippen LogP) is 7.16. The van der Waals surface area contributed by atoms with Gasteiger partial charge in [-0.05, 0) is 45.0 Å². The standard InChI is InChI=1S/C20H25Cl2N5O3S.C6H4Cl2S/c1-20(2,3)30-19(29)27-10-8-26(9-11-27)18-24-16(23)15(17(28)25(18)4)31-13-7-5-6-12(21)14(13)22;7-4-2-1-3-5(9)6(4)8/h5-7H,8-11,23H2,1-4H3;1-3,9H. The van der Waals surface area contributed by atoms with Crippen molar-refractivity contribution in [3.05, 3.63) is 66.8 Å². The molecule has 0 atom stereocenters. The van der Waals surface area contributed by atoms with Gasteiger partial charge in [-0.1, -0.05) is 70.3 Å². The maximum Gasteiger partial charge on any atom is 0.410 e. The van der Waals surface area contributed by atoms with Gasteiger partial charge in [-0.3, -0.25) is 9.36 Å². The summed E-state index contributed by atoms with van der Waals surface area (Å²) in [6, 6.07) is 10.5. The topological polar surface area (TPSA) is 93.7 Å². The smallest absolute Gasteiger partial charge is 0.410 e. The van der Waals surface area contributed by atoms with Gasteiger partial charge < -0.3 is 20.3 Å². The molecule has 1 fully saturated rings. The second-order valence-electron chi connectivity index (χ2n) is 9.67. The van der Waals surface area contributed by atoms with Crippen molar-refractivity contribution in [1.82, 2.24) is 14.5 Å². The van der Waals surface area contributed by atoms with Crippen molar-refractivity contribution in [3.63, 3.8) is 0 Å². The third-order valence-corrected chi connectivity index (χ3v) is 8.93. The molecule has 0 spiro atoms. The highest BCUT2D eigenvalue weighted by Gasteiger charge is 2.28. The second kappa shape index (κ2) is 13.8. The summed E-state index contributed by atoms with van der Waals surface area (Å²) >= 11 is 28.8. The van der Waals surface area contributed by atoms with Gasteiger partial charge in [0.05, 0.1) is 20.1 Å². The fourth-order valence-corrected chi connectivity index (χ4v) is 5.53. The van der Waals surface area contributed by atoms with E-state index in [2.05, 4.69) is 17.6 Å². The van der Waals surface area contributed by atoms with Crippen molar-refractivity contribution in [3.8, 4) is 0 Å². The summed E-state index contributed by atoms with van der Waals surface area (Å²) in [5.74, 6) is 0.571. The molecule has 1 aromatic heterocycles. The Morgan fingerprint density at radius 3 is 2.12 bits per heavy atom.